The molecule has 0 saturated carbocycles. The molecule has 112 valence electrons. The summed E-state index contributed by atoms with van der Waals surface area (Å²) in [5.41, 5.74) is 1.03. The molecule has 0 N–H and O–H groups in total. The van der Waals surface area contributed by atoms with Crippen molar-refractivity contribution in [2.45, 2.75) is 19.6 Å². The van der Waals surface area contributed by atoms with Gasteiger partial charge in [0.05, 0.1) is 0 Å². The van der Waals surface area contributed by atoms with E-state index in [0.29, 0.717) is 6.54 Å². The fourth-order valence-corrected chi connectivity index (χ4v) is 1.97. The summed E-state index contributed by atoms with van der Waals surface area (Å²) in [5.74, 6) is 0.128. The maximum atomic E-state index is 12.7. The average Bonchev–Trinajstić information content (AvgIpc) is 2.39. The van der Waals surface area contributed by atoms with Crippen LogP contribution >= 0.6 is 11.6 Å². The number of hydrogen-bond donors (Lipinski definition) is 0. The Kier molecular flexibility index (Phi) is 4.37. The van der Waals surface area contributed by atoms with Gasteiger partial charge in [0.2, 0.25) is 5.28 Å². The third kappa shape index (κ3) is 4.07. The molecule has 0 aliphatic carbocycles. The first-order valence-electron chi connectivity index (χ1n) is 6.14. The number of rotatable bonds is 3. The van der Waals surface area contributed by atoms with E-state index in [1.807, 2.05) is 31.2 Å². The number of nitrogens with zero attached hydrogens (tertiary/aromatic N) is 3. The summed E-state index contributed by atoms with van der Waals surface area (Å²) in [7, 11) is 1.65. The summed E-state index contributed by atoms with van der Waals surface area (Å²) < 4.78 is 38.1. The van der Waals surface area contributed by atoms with Crippen molar-refractivity contribution >= 4 is 17.4 Å². The summed E-state index contributed by atoms with van der Waals surface area (Å²) in [4.78, 5) is 8.64. The van der Waals surface area contributed by atoms with Gasteiger partial charge in [-0.3, -0.25) is 0 Å². The number of alkyl halides is 3. The Morgan fingerprint density at radius 2 is 1.76 bits per heavy atom. The van der Waals surface area contributed by atoms with Gasteiger partial charge < -0.3 is 4.90 Å². The highest BCUT2D eigenvalue weighted by atomic mass is 35.5. The van der Waals surface area contributed by atoms with Crippen molar-refractivity contribution in [2.75, 3.05) is 11.9 Å². The second kappa shape index (κ2) is 5.89. The Labute approximate surface area is 125 Å². The van der Waals surface area contributed by atoms with Crippen molar-refractivity contribution in [3.8, 4) is 0 Å². The van der Waals surface area contributed by atoms with Gasteiger partial charge in [0.25, 0.3) is 0 Å². The van der Waals surface area contributed by atoms with Crippen molar-refractivity contribution in [3.63, 3.8) is 0 Å². The van der Waals surface area contributed by atoms with Gasteiger partial charge in [-0.2, -0.15) is 13.2 Å². The molecule has 0 fully saturated rings. The minimum Gasteiger partial charge on any atom is -0.355 e. The highest BCUT2D eigenvalue weighted by molar-refractivity contribution is 6.28. The molecule has 2 aromatic rings. The molecule has 0 saturated heterocycles. The number of aryl methyl sites for hydroxylation is 1. The van der Waals surface area contributed by atoms with Gasteiger partial charge in [-0.15, -0.1) is 0 Å². The molecule has 0 aliphatic rings. The van der Waals surface area contributed by atoms with E-state index >= 15 is 0 Å². The molecule has 0 radical (unpaired) electrons. The van der Waals surface area contributed by atoms with Crippen LogP contribution in [-0.2, 0) is 12.7 Å². The molecule has 21 heavy (non-hydrogen) atoms. The van der Waals surface area contributed by atoms with Gasteiger partial charge >= 0.3 is 6.18 Å². The van der Waals surface area contributed by atoms with Crippen LogP contribution in [0.15, 0.2) is 30.3 Å². The van der Waals surface area contributed by atoms with Crippen LogP contribution in [0.3, 0.4) is 0 Å². The van der Waals surface area contributed by atoms with Crippen LogP contribution < -0.4 is 4.90 Å². The minimum absolute atomic E-state index is 0.128. The molecule has 0 atom stereocenters. The molecule has 1 heterocycles. The molecule has 0 spiro atoms. The normalized spacial score (nSPS) is 11.5. The summed E-state index contributed by atoms with van der Waals surface area (Å²) in [5, 5.41) is -0.421. The second-order valence-corrected chi connectivity index (χ2v) is 5.06. The number of halogens is 4. The molecule has 7 heteroatoms. The molecule has 2 rings (SSSR count). The van der Waals surface area contributed by atoms with Gasteiger partial charge in [0.15, 0.2) is 5.69 Å². The molecular formula is C14H13ClF3N3. The Hall–Kier alpha value is -1.82. The van der Waals surface area contributed by atoms with E-state index < -0.39 is 17.2 Å². The molecule has 3 nitrogen and oxygen atoms in total. The maximum absolute atomic E-state index is 12.7. The van der Waals surface area contributed by atoms with Crippen LogP contribution in [0.2, 0.25) is 5.28 Å². The van der Waals surface area contributed by atoms with E-state index in [4.69, 9.17) is 11.6 Å². The van der Waals surface area contributed by atoms with Gasteiger partial charge in [-0.05, 0) is 24.1 Å². The monoisotopic (exact) mass is 315 g/mol. The largest absolute Gasteiger partial charge is 0.433 e. The lowest BCUT2D eigenvalue weighted by Gasteiger charge is -2.19. The first kappa shape index (κ1) is 15.6. The smallest absolute Gasteiger partial charge is 0.355 e. The zero-order valence-corrected chi connectivity index (χ0v) is 12.2. The quantitative estimate of drug-likeness (QED) is 0.799. The summed E-state index contributed by atoms with van der Waals surface area (Å²) >= 11 is 5.58. The Balaban J connectivity index is 2.24. The molecule has 0 unspecified atom stereocenters. The number of anilines is 1. The third-order valence-corrected chi connectivity index (χ3v) is 3.08. The first-order valence-corrected chi connectivity index (χ1v) is 6.52. The molecule has 0 bridgehead atoms. The van der Waals surface area contributed by atoms with Crippen molar-refractivity contribution in [1.82, 2.24) is 9.97 Å². The predicted molar refractivity (Wildman–Crippen MR) is 75.3 cm³/mol. The van der Waals surface area contributed by atoms with E-state index in [2.05, 4.69) is 9.97 Å². The van der Waals surface area contributed by atoms with E-state index in [0.717, 1.165) is 17.2 Å². The Morgan fingerprint density at radius 3 is 2.33 bits per heavy atom. The summed E-state index contributed by atoms with van der Waals surface area (Å²) in [6, 6.07) is 8.60. The van der Waals surface area contributed by atoms with E-state index in [9.17, 15) is 13.2 Å². The van der Waals surface area contributed by atoms with Crippen LogP contribution in [0.5, 0.6) is 0 Å². The topological polar surface area (TPSA) is 29.0 Å². The SMILES string of the molecule is Cc1ccc(CN(C)c2cc(C(F)(F)F)nc(Cl)n2)cc1. The van der Waals surface area contributed by atoms with Gasteiger partial charge in [0, 0.05) is 19.7 Å². The van der Waals surface area contributed by atoms with Gasteiger partial charge in [-0.1, -0.05) is 29.8 Å². The molecular weight excluding hydrogens is 303 g/mol. The van der Waals surface area contributed by atoms with E-state index in [-0.39, 0.29) is 5.82 Å². The van der Waals surface area contributed by atoms with Crippen molar-refractivity contribution in [1.29, 1.82) is 0 Å². The van der Waals surface area contributed by atoms with Crippen LogP contribution in [-0.4, -0.2) is 17.0 Å². The first-order chi connectivity index (χ1) is 9.75. The zero-order chi connectivity index (χ0) is 15.6. The van der Waals surface area contributed by atoms with Gasteiger partial charge in [-0.25, -0.2) is 9.97 Å². The fraction of sp³-hybridized carbons (Fsp3) is 0.286. The van der Waals surface area contributed by atoms with E-state index in [1.165, 1.54) is 0 Å². The molecule has 1 aromatic heterocycles. The van der Waals surface area contributed by atoms with Gasteiger partial charge in [0.1, 0.15) is 5.82 Å². The Bertz CT molecular complexity index is 626. The average molecular weight is 316 g/mol. The number of aromatic nitrogens is 2. The predicted octanol–water partition coefficient (Wildman–Crippen LogP) is 4.09. The van der Waals surface area contributed by atoms with Crippen molar-refractivity contribution in [2.24, 2.45) is 0 Å². The van der Waals surface area contributed by atoms with Crippen molar-refractivity contribution in [3.05, 3.63) is 52.4 Å². The maximum Gasteiger partial charge on any atom is 0.433 e. The molecule has 0 amide bonds. The minimum atomic E-state index is -4.55. The lowest BCUT2D eigenvalue weighted by atomic mass is 10.1. The fourth-order valence-electron chi connectivity index (χ4n) is 1.79. The van der Waals surface area contributed by atoms with E-state index in [1.54, 1.807) is 11.9 Å². The second-order valence-electron chi connectivity index (χ2n) is 4.72. The van der Waals surface area contributed by atoms with Crippen LogP contribution in [0.25, 0.3) is 0 Å². The standard InChI is InChI=1S/C14H13ClF3N3/c1-9-3-5-10(6-4-9)8-21(2)12-7-11(14(16,17)18)19-13(15)20-12/h3-7H,8H2,1-2H3. The molecule has 1 aromatic carbocycles. The van der Waals surface area contributed by atoms with Crippen LogP contribution in [0.1, 0.15) is 16.8 Å². The van der Waals surface area contributed by atoms with Crippen LogP contribution in [0, 0.1) is 6.92 Å². The van der Waals surface area contributed by atoms with Crippen molar-refractivity contribution < 1.29 is 13.2 Å². The third-order valence-electron chi connectivity index (χ3n) is 2.91. The number of benzene rings is 1. The number of hydrogen-bond acceptors (Lipinski definition) is 3. The zero-order valence-electron chi connectivity index (χ0n) is 11.4. The highest BCUT2D eigenvalue weighted by Crippen LogP contribution is 2.30. The van der Waals surface area contributed by atoms with Crippen LogP contribution in [0.4, 0.5) is 19.0 Å². The molecule has 0 aliphatic heterocycles. The lowest BCUT2D eigenvalue weighted by Crippen LogP contribution is -2.19. The summed E-state index contributed by atoms with van der Waals surface area (Å²) in [6.45, 7) is 2.39. The Morgan fingerprint density at radius 1 is 1.14 bits per heavy atom. The lowest BCUT2D eigenvalue weighted by molar-refractivity contribution is -0.141. The summed E-state index contributed by atoms with van der Waals surface area (Å²) in [6.07, 6.45) is -4.55. The highest BCUT2D eigenvalue weighted by Gasteiger charge is 2.33.